The second-order valence-electron chi connectivity index (χ2n) is 11.0. The molecular weight excluding hydrogens is 486 g/mol. The van der Waals surface area contributed by atoms with Gasteiger partial charge in [-0.05, 0) is 75.3 Å². The van der Waals surface area contributed by atoms with Crippen LogP contribution in [0.1, 0.15) is 52.0 Å². The van der Waals surface area contributed by atoms with Gasteiger partial charge in [0.05, 0.1) is 11.6 Å². The van der Waals surface area contributed by atoms with Gasteiger partial charge >= 0.3 is 11.8 Å². The number of likely N-dealkylation sites (tertiary alicyclic amines) is 1. The van der Waals surface area contributed by atoms with E-state index in [0.717, 1.165) is 29.5 Å². The molecule has 2 heterocycles. The first kappa shape index (κ1) is 27.2. The molecule has 0 radical (unpaired) electrons. The summed E-state index contributed by atoms with van der Waals surface area (Å²) in [6, 6.07) is 12.6. The first-order valence-corrected chi connectivity index (χ1v) is 12.9. The molecule has 1 fully saturated rings. The highest BCUT2D eigenvalue weighted by atomic mass is 16.6. The molecule has 2 N–H and O–H groups in total. The number of amides is 2. The Labute approximate surface area is 221 Å². The van der Waals surface area contributed by atoms with Crippen LogP contribution < -0.4 is 11.5 Å². The molecule has 2 amide bonds. The van der Waals surface area contributed by atoms with Crippen molar-refractivity contribution < 1.29 is 23.5 Å². The van der Waals surface area contributed by atoms with Crippen molar-refractivity contribution in [3.05, 3.63) is 58.6 Å². The minimum Gasteiger partial charge on any atom is -0.444 e. The number of ketones is 1. The van der Waals surface area contributed by atoms with Crippen molar-refractivity contribution in [1.82, 2.24) is 9.47 Å². The molecule has 2 atom stereocenters. The van der Waals surface area contributed by atoms with Crippen molar-refractivity contribution in [2.45, 2.75) is 64.5 Å². The molecule has 1 aliphatic rings. The number of Topliss-reactive ketones (excluding diaryl/α,β-unsaturated/α-hetero) is 1. The maximum Gasteiger partial charge on any atom is 0.419 e. The number of rotatable bonds is 7. The van der Waals surface area contributed by atoms with E-state index in [1.54, 1.807) is 33.9 Å². The predicted octanol–water partition coefficient (Wildman–Crippen LogP) is 4.19. The molecule has 0 saturated carbocycles. The van der Waals surface area contributed by atoms with Crippen LogP contribution in [0.3, 0.4) is 0 Å². The number of carbonyl (C=O) groups is 3. The molecule has 1 aliphatic heterocycles. The van der Waals surface area contributed by atoms with E-state index in [0.29, 0.717) is 30.5 Å². The van der Waals surface area contributed by atoms with E-state index in [1.165, 1.54) is 9.47 Å². The van der Waals surface area contributed by atoms with Crippen LogP contribution in [0.5, 0.6) is 0 Å². The Kier molecular flexibility index (Phi) is 7.76. The van der Waals surface area contributed by atoms with Crippen molar-refractivity contribution in [1.29, 1.82) is 0 Å². The summed E-state index contributed by atoms with van der Waals surface area (Å²) in [5.41, 5.74) is 8.98. The standard InChI is InChI=1S/C29H35N3O6/c1-29(2,3)38-28(36)32-14-6-5-7-22(32)24(33)17-21(26(30)34)15-18-8-10-19(11-9-18)20-12-13-25-23(16-20)31(4)27(35)37-25/h8-13,16,21-22H,5-7,14-15,17H2,1-4H3,(H2,30,34)/t21-,22+/m1/s1. The summed E-state index contributed by atoms with van der Waals surface area (Å²) < 4.78 is 12.2. The Morgan fingerprint density at radius 1 is 1.08 bits per heavy atom. The quantitative estimate of drug-likeness (QED) is 0.497. The predicted molar refractivity (Wildman–Crippen MR) is 143 cm³/mol. The van der Waals surface area contributed by atoms with Crippen LogP contribution in [-0.2, 0) is 27.8 Å². The van der Waals surface area contributed by atoms with E-state index in [2.05, 4.69) is 0 Å². The minimum absolute atomic E-state index is 0.0355. The van der Waals surface area contributed by atoms with Crippen molar-refractivity contribution in [3.63, 3.8) is 0 Å². The number of nitrogens with two attached hydrogens (primary N) is 1. The monoisotopic (exact) mass is 521 g/mol. The van der Waals surface area contributed by atoms with Gasteiger partial charge < -0.3 is 14.9 Å². The topological polar surface area (TPSA) is 125 Å². The normalized spacial score (nSPS) is 16.8. The Hall–Kier alpha value is -3.88. The largest absolute Gasteiger partial charge is 0.444 e. The molecule has 1 saturated heterocycles. The van der Waals surface area contributed by atoms with Crippen LogP contribution in [0.4, 0.5) is 4.79 Å². The van der Waals surface area contributed by atoms with Crippen molar-refractivity contribution in [2.75, 3.05) is 6.54 Å². The summed E-state index contributed by atoms with van der Waals surface area (Å²) in [7, 11) is 1.66. The number of piperidine rings is 1. The smallest absolute Gasteiger partial charge is 0.419 e. The number of benzene rings is 2. The number of hydrogen-bond donors (Lipinski definition) is 1. The van der Waals surface area contributed by atoms with Gasteiger partial charge in [0, 0.05) is 25.9 Å². The molecule has 1 aromatic heterocycles. The number of oxazole rings is 1. The summed E-state index contributed by atoms with van der Waals surface area (Å²) in [5, 5.41) is 0. The maximum atomic E-state index is 13.3. The Morgan fingerprint density at radius 3 is 2.42 bits per heavy atom. The molecule has 4 rings (SSSR count). The van der Waals surface area contributed by atoms with Crippen molar-refractivity contribution >= 4 is 28.9 Å². The van der Waals surface area contributed by atoms with Gasteiger partial charge in [-0.3, -0.25) is 19.1 Å². The number of fused-ring (bicyclic) bond motifs is 1. The summed E-state index contributed by atoms with van der Waals surface area (Å²) in [4.78, 5) is 51.6. The third-order valence-electron chi connectivity index (χ3n) is 6.91. The zero-order chi connectivity index (χ0) is 27.6. The lowest BCUT2D eigenvalue weighted by molar-refractivity contribution is -0.130. The Bertz CT molecular complexity index is 1400. The SMILES string of the molecule is Cn1c(=O)oc2ccc(-c3ccc(C[C@H](CC(=O)[C@@H]4CCCCN4C(=O)OC(C)(C)C)C(N)=O)cc3)cc21. The molecule has 0 spiro atoms. The van der Waals surface area contributed by atoms with Gasteiger partial charge in [-0.15, -0.1) is 0 Å². The lowest BCUT2D eigenvalue weighted by Crippen LogP contribution is -2.50. The van der Waals surface area contributed by atoms with Gasteiger partial charge in [-0.1, -0.05) is 30.3 Å². The van der Waals surface area contributed by atoms with Crippen LogP contribution in [0.25, 0.3) is 22.2 Å². The molecule has 9 heteroatoms. The third-order valence-corrected chi connectivity index (χ3v) is 6.91. The average molecular weight is 522 g/mol. The number of primary amides is 1. The maximum absolute atomic E-state index is 13.3. The molecule has 38 heavy (non-hydrogen) atoms. The van der Waals surface area contributed by atoms with Gasteiger partial charge in [0.1, 0.15) is 5.60 Å². The summed E-state index contributed by atoms with van der Waals surface area (Å²) in [6.45, 7) is 5.82. The third kappa shape index (κ3) is 6.15. The highest BCUT2D eigenvalue weighted by Crippen LogP contribution is 2.27. The second-order valence-corrected chi connectivity index (χ2v) is 11.0. The number of carbonyl (C=O) groups excluding carboxylic acids is 3. The fourth-order valence-electron chi connectivity index (χ4n) is 4.88. The van der Waals surface area contributed by atoms with Gasteiger partial charge in [0.2, 0.25) is 5.91 Å². The zero-order valence-corrected chi connectivity index (χ0v) is 22.4. The number of hydrogen-bond acceptors (Lipinski definition) is 6. The highest BCUT2D eigenvalue weighted by Gasteiger charge is 2.36. The van der Waals surface area contributed by atoms with E-state index in [1.807, 2.05) is 36.4 Å². The van der Waals surface area contributed by atoms with Crippen molar-refractivity contribution in [3.8, 4) is 11.1 Å². The van der Waals surface area contributed by atoms with Crippen molar-refractivity contribution in [2.24, 2.45) is 18.7 Å². The zero-order valence-electron chi connectivity index (χ0n) is 22.4. The van der Waals surface area contributed by atoms with E-state index < -0.39 is 35.3 Å². The number of aromatic nitrogens is 1. The fraction of sp³-hybridized carbons (Fsp3) is 0.448. The van der Waals surface area contributed by atoms with Crippen LogP contribution in [0.15, 0.2) is 51.7 Å². The summed E-state index contributed by atoms with van der Waals surface area (Å²) in [5.74, 6) is -1.82. The molecule has 202 valence electrons. The molecule has 0 aliphatic carbocycles. The van der Waals surface area contributed by atoms with Crippen LogP contribution in [0, 0.1) is 5.92 Å². The van der Waals surface area contributed by atoms with E-state index in [9.17, 15) is 19.2 Å². The van der Waals surface area contributed by atoms with E-state index >= 15 is 0 Å². The molecule has 9 nitrogen and oxygen atoms in total. The van der Waals surface area contributed by atoms with E-state index in [4.69, 9.17) is 14.9 Å². The fourth-order valence-corrected chi connectivity index (χ4v) is 4.88. The molecular formula is C29H35N3O6. The lowest BCUT2D eigenvalue weighted by atomic mass is 9.88. The summed E-state index contributed by atoms with van der Waals surface area (Å²) in [6.07, 6.45) is 1.96. The minimum atomic E-state index is -0.687. The molecule has 2 aromatic carbocycles. The highest BCUT2D eigenvalue weighted by molar-refractivity contribution is 5.91. The van der Waals surface area contributed by atoms with Gasteiger partial charge in [0.25, 0.3) is 0 Å². The Morgan fingerprint density at radius 2 is 1.76 bits per heavy atom. The first-order valence-electron chi connectivity index (χ1n) is 12.9. The molecule has 3 aromatic rings. The van der Waals surface area contributed by atoms with Gasteiger partial charge in [0.15, 0.2) is 11.4 Å². The molecule has 0 bridgehead atoms. The average Bonchev–Trinajstić information content (AvgIpc) is 3.15. The van der Waals surface area contributed by atoms with E-state index in [-0.39, 0.29) is 12.2 Å². The van der Waals surface area contributed by atoms with Gasteiger partial charge in [-0.25, -0.2) is 9.59 Å². The number of ether oxygens (including phenoxy) is 1. The lowest BCUT2D eigenvalue weighted by Gasteiger charge is -2.36. The first-order chi connectivity index (χ1) is 17.9. The van der Waals surface area contributed by atoms with Crippen LogP contribution in [0.2, 0.25) is 0 Å². The van der Waals surface area contributed by atoms with Crippen LogP contribution in [-0.4, -0.2) is 45.4 Å². The number of nitrogens with zero attached hydrogens (tertiary/aromatic N) is 2. The van der Waals surface area contributed by atoms with Gasteiger partial charge in [-0.2, -0.15) is 0 Å². The summed E-state index contributed by atoms with van der Waals surface area (Å²) >= 11 is 0. The Balaban J connectivity index is 1.46. The van der Waals surface area contributed by atoms with Crippen LogP contribution >= 0.6 is 0 Å². The molecule has 0 unspecified atom stereocenters. The second kappa shape index (κ2) is 10.8. The number of aryl methyl sites for hydroxylation is 1.